The molecule has 29 heavy (non-hydrogen) atoms. The lowest BCUT2D eigenvalue weighted by atomic mass is 10.0. The lowest BCUT2D eigenvalue weighted by Gasteiger charge is -2.23. The average molecular weight is 441 g/mol. The Morgan fingerprint density at radius 1 is 1.14 bits per heavy atom. The van der Waals surface area contributed by atoms with E-state index in [0.717, 1.165) is 26.4 Å². The van der Waals surface area contributed by atoms with Crippen molar-refractivity contribution in [3.63, 3.8) is 0 Å². The maximum absolute atomic E-state index is 13.3. The van der Waals surface area contributed by atoms with Gasteiger partial charge in [0.25, 0.3) is 0 Å². The summed E-state index contributed by atoms with van der Waals surface area (Å²) in [5.41, 5.74) is -0.350. The molecule has 9 heteroatoms. The van der Waals surface area contributed by atoms with Crippen LogP contribution in [0, 0.1) is 6.92 Å². The standard InChI is InChI=1S/C20H18F3NO3S2/c1-3-29(26,27)24(11-14-9-8-13(2)17(10-14)20(21,22)23)19-16(12-25)15-6-4-5-7-18(15)28-19/h4-10,12H,3,11H2,1-2H3. The number of aryl methyl sites for hydroxylation is 1. The number of benzene rings is 2. The number of sulfonamides is 1. The van der Waals surface area contributed by atoms with Crippen molar-refractivity contribution >= 4 is 42.7 Å². The van der Waals surface area contributed by atoms with E-state index in [0.29, 0.717) is 11.7 Å². The molecule has 1 aromatic heterocycles. The molecule has 0 atom stereocenters. The summed E-state index contributed by atoms with van der Waals surface area (Å²) in [5, 5.41) is 0.816. The van der Waals surface area contributed by atoms with Crippen molar-refractivity contribution in [1.82, 2.24) is 0 Å². The fourth-order valence-corrected chi connectivity index (χ4v) is 5.58. The summed E-state index contributed by atoms with van der Waals surface area (Å²) >= 11 is 1.12. The first-order valence-electron chi connectivity index (χ1n) is 8.72. The predicted molar refractivity (Wildman–Crippen MR) is 109 cm³/mol. The van der Waals surface area contributed by atoms with Crippen LogP contribution >= 0.6 is 11.3 Å². The van der Waals surface area contributed by atoms with E-state index in [1.54, 1.807) is 24.3 Å². The van der Waals surface area contributed by atoms with Crippen LogP contribution in [-0.4, -0.2) is 20.5 Å². The topological polar surface area (TPSA) is 54.5 Å². The molecule has 0 aliphatic heterocycles. The second-order valence-corrected chi connectivity index (χ2v) is 9.70. The average Bonchev–Trinajstić information content (AvgIpc) is 3.04. The maximum Gasteiger partial charge on any atom is 0.416 e. The van der Waals surface area contributed by atoms with E-state index >= 15 is 0 Å². The van der Waals surface area contributed by atoms with Crippen molar-refractivity contribution in [3.05, 3.63) is 64.7 Å². The molecule has 0 amide bonds. The minimum Gasteiger partial charge on any atom is -0.298 e. The van der Waals surface area contributed by atoms with Crippen LogP contribution in [0.15, 0.2) is 42.5 Å². The number of carbonyl (C=O) groups excluding carboxylic acids is 1. The third-order valence-electron chi connectivity index (χ3n) is 4.59. The first kappa shape index (κ1) is 21.3. The molecule has 3 aromatic rings. The number of halogens is 3. The van der Waals surface area contributed by atoms with Crippen molar-refractivity contribution in [1.29, 1.82) is 0 Å². The smallest absolute Gasteiger partial charge is 0.298 e. The predicted octanol–water partition coefficient (Wildman–Crippen LogP) is 5.40. The maximum atomic E-state index is 13.3. The number of fused-ring (bicyclic) bond motifs is 1. The molecule has 1 heterocycles. The SMILES string of the molecule is CCS(=O)(=O)N(Cc1ccc(C)c(C(F)(F)F)c1)c1sc2ccccc2c1C=O. The van der Waals surface area contributed by atoms with Gasteiger partial charge in [0, 0.05) is 10.1 Å². The zero-order valence-electron chi connectivity index (χ0n) is 15.7. The third-order valence-corrected chi connectivity index (χ3v) is 7.63. The highest BCUT2D eigenvalue weighted by molar-refractivity contribution is 7.92. The molecule has 0 radical (unpaired) electrons. The third kappa shape index (κ3) is 4.16. The van der Waals surface area contributed by atoms with Gasteiger partial charge in [-0.25, -0.2) is 8.42 Å². The van der Waals surface area contributed by atoms with Gasteiger partial charge in [-0.05, 0) is 37.1 Å². The summed E-state index contributed by atoms with van der Waals surface area (Å²) in [5.74, 6) is -0.252. The van der Waals surface area contributed by atoms with Gasteiger partial charge in [-0.15, -0.1) is 11.3 Å². The van der Waals surface area contributed by atoms with Crippen molar-refractivity contribution in [2.75, 3.05) is 10.1 Å². The van der Waals surface area contributed by atoms with Gasteiger partial charge in [-0.2, -0.15) is 13.2 Å². The molecule has 3 rings (SSSR count). The summed E-state index contributed by atoms with van der Waals surface area (Å²) in [4.78, 5) is 11.7. The molecule has 4 nitrogen and oxygen atoms in total. The number of alkyl halides is 3. The zero-order chi connectivity index (χ0) is 21.4. The second-order valence-electron chi connectivity index (χ2n) is 6.49. The number of aldehydes is 1. The van der Waals surface area contributed by atoms with E-state index in [2.05, 4.69) is 0 Å². The van der Waals surface area contributed by atoms with Crippen molar-refractivity contribution < 1.29 is 26.4 Å². The van der Waals surface area contributed by atoms with E-state index in [4.69, 9.17) is 0 Å². The number of thiophene rings is 1. The molecule has 2 aromatic carbocycles. The van der Waals surface area contributed by atoms with Gasteiger partial charge >= 0.3 is 6.18 Å². The Morgan fingerprint density at radius 2 is 1.83 bits per heavy atom. The highest BCUT2D eigenvalue weighted by atomic mass is 32.2. The number of nitrogens with zero attached hydrogens (tertiary/aromatic N) is 1. The van der Waals surface area contributed by atoms with Crippen molar-refractivity contribution in [2.45, 2.75) is 26.6 Å². The molecule has 0 fully saturated rings. The summed E-state index contributed by atoms with van der Waals surface area (Å²) in [6, 6.07) is 10.7. The number of carbonyl (C=O) groups is 1. The highest BCUT2D eigenvalue weighted by Gasteiger charge is 2.33. The fourth-order valence-electron chi connectivity index (χ4n) is 3.04. The fraction of sp³-hybridized carbons (Fsp3) is 0.250. The van der Waals surface area contributed by atoms with Crippen LogP contribution in [0.2, 0.25) is 0 Å². The normalized spacial score (nSPS) is 12.3. The molecule has 0 N–H and O–H groups in total. The quantitative estimate of drug-likeness (QED) is 0.482. The van der Waals surface area contributed by atoms with Crippen LogP contribution in [0.3, 0.4) is 0 Å². The minimum absolute atomic E-state index is 0.0570. The van der Waals surface area contributed by atoms with Crippen LogP contribution < -0.4 is 4.31 Å². The lowest BCUT2D eigenvalue weighted by molar-refractivity contribution is -0.138. The van der Waals surface area contributed by atoms with E-state index in [-0.39, 0.29) is 34.0 Å². The first-order chi connectivity index (χ1) is 13.6. The monoisotopic (exact) mass is 441 g/mol. The molecular weight excluding hydrogens is 423 g/mol. The number of hydrogen-bond acceptors (Lipinski definition) is 4. The Kier molecular flexibility index (Phi) is 5.73. The van der Waals surface area contributed by atoms with Crippen LogP contribution in [0.1, 0.15) is 34.0 Å². The van der Waals surface area contributed by atoms with Crippen LogP contribution in [0.5, 0.6) is 0 Å². The summed E-state index contributed by atoms with van der Waals surface area (Å²) in [6.07, 6.45) is -3.96. The molecule has 0 unspecified atom stereocenters. The van der Waals surface area contributed by atoms with Gasteiger partial charge in [-0.3, -0.25) is 9.10 Å². The van der Waals surface area contributed by atoms with Gasteiger partial charge < -0.3 is 0 Å². The van der Waals surface area contributed by atoms with E-state index in [9.17, 15) is 26.4 Å². The summed E-state index contributed by atoms with van der Waals surface area (Å²) < 4.78 is 67.2. The van der Waals surface area contributed by atoms with Crippen molar-refractivity contribution in [3.8, 4) is 0 Å². The Morgan fingerprint density at radius 3 is 2.45 bits per heavy atom. The first-order valence-corrected chi connectivity index (χ1v) is 11.1. The second kappa shape index (κ2) is 7.79. The van der Waals surface area contributed by atoms with E-state index in [1.807, 2.05) is 0 Å². The summed E-state index contributed by atoms with van der Waals surface area (Å²) in [6.45, 7) is 2.50. The Bertz CT molecular complexity index is 1170. The van der Waals surface area contributed by atoms with E-state index < -0.39 is 21.8 Å². The van der Waals surface area contributed by atoms with Gasteiger partial charge in [-0.1, -0.05) is 30.3 Å². The largest absolute Gasteiger partial charge is 0.416 e. The summed E-state index contributed by atoms with van der Waals surface area (Å²) in [7, 11) is -3.85. The molecule has 0 aliphatic carbocycles. The molecule has 0 aliphatic rings. The number of rotatable bonds is 6. The van der Waals surface area contributed by atoms with E-state index in [1.165, 1.54) is 26.0 Å². The van der Waals surface area contributed by atoms with Crippen LogP contribution in [-0.2, 0) is 22.7 Å². The molecule has 154 valence electrons. The molecule has 0 bridgehead atoms. The molecule has 0 spiro atoms. The van der Waals surface area contributed by atoms with Crippen LogP contribution in [0.25, 0.3) is 10.1 Å². The minimum atomic E-state index is -4.54. The molecule has 0 saturated heterocycles. The Labute approximate surface area is 170 Å². The van der Waals surface area contributed by atoms with Gasteiger partial charge in [0.15, 0.2) is 6.29 Å². The van der Waals surface area contributed by atoms with Gasteiger partial charge in [0.05, 0.1) is 23.4 Å². The Hall–Kier alpha value is -2.39. The molecular formula is C20H18F3NO3S2. The van der Waals surface area contributed by atoms with Crippen molar-refractivity contribution in [2.24, 2.45) is 0 Å². The Balaban J connectivity index is 2.16. The molecule has 0 saturated carbocycles. The zero-order valence-corrected chi connectivity index (χ0v) is 17.3. The highest BCUT2D eigenvalue weighted by Crippen LogP contribution is 2.40. The van der Waals surface area contributed by atoms with Gasteiger partial charge in [0.2, 0.25) is 10.0 Å². The number of hydrogen-bond donors (Lipinski definition) is 0. The number of anilines is 1. The van der Waals surface area contributed by atoms with Crippen LogP contribution in [0.4, 0.5) is 18.2 Å². The lowest BCUT2D eigenvalue weighted by Crippen LogP contribution is -2.32. The van der Waals surface area contributed by atoms with Gasteiger partial charge in [0.1, 0.15) is 5.00 Å².